The van der Waals surface area contributed by atoms with Crippen molar-refractivity contribution in [3.05, 3.63) is 0 Å². The molecular weight excluding hydrogens is 181 g/mol. The second-order valence-corrected chi connectivity index (χ2v) is 3.96. The molecule has 0 aliphatic heterocycles. The van der Waals surface area contributed by atoms with Crippen LogP contribution in [0.15, 0.2) is 0 Å². The number of hydrogen-bond donors (Lipinski definition) is 1. The van der Waals surface area contributed by atoms with Gasteiger partial charge in [0, 0.05) is 12.5 Å². The van der Waals surface area contributed by atoms with Crippen molar-refractivity contribution in [3.63, 3.8) is 0 Å². The van der Waals surface area contributed by atoms with E-state index in [4.69, 9.17) is 5.50 Å². The van der Waals surface area contributed by atoms with E-state index in [9.17, 15) is 4.57 Å². The van der Waals surface area contributed by atoms with E-state index in [1.54, 1.807) is 12.5 Å². The third kappa shape index (κ3) is 5.26. The van der Waals surface area contributed by atoms with Crippen LogP contribution in [-0.4, -0.2) is 12.5 Å². The second kappa shape index (κ2) is 4.60. The minimum Gasteiger partial charge on any atom is -0.239 e. The zero-order valence-corrected chi connectivity index (χ0v) is 7.59. The lowest BCUT2D eigenvalue weighted by Gasteiger charge is -2.06. The van der Waals surface area contributed by atoms with Crippen molar-refractivity contribution in [2.24, 2.45) is 5.50 Å². The quantitative estimate of drug-likeness (QED) is 0.536. The van der Waals surface area contributed by atoms with Crippen LogP contribution in [-0.2, 0) is 12.5 Å². The Morgan fingerprint density at radius 2 is 1.67 bits per heavy atom. The Kier molecular flexibility index (Phi) is 5.01. The van der Waals surface area contributed by atoms with Crippen molar-refractivity contribution in [3.8, 4) is 0 Å². The average molecular weight is 189 g/mol. The molecule has 0 bridgehead atoms. The molecule has 0 amide bonds. The molecular formula is C2H8NO3PS2. The Morgan fingerprint density at radius 1 is 1.33 bits per heavy atom. The first-order valence-corrected chi connectivity index (χ1v) is 5.87. The third-order valence-corrected chi connectivity index (χ3v) is 3.21. The van der Waals surface area contributed by atoms with Crippen LogP contribution in [0.5, 0.6) is 0 Å². The summed E-state index contributed by atoms with van der Waals surface area (Å²) in [5.74, 6) is 0. The van der Waals surface area contributed by atoms with Gasteiger partial charge in [0.15, 0.2) is 0 Å². The Morgan fingerprint density at radius 3 is 1.89 bits per heavy atom. The summed E-state index contributed by atoms with van der Waals surface area (Å²) in [6.07, 6.45) is 3.23. The zero-order chi connectivity index (χ0) is 7.33. The lowest BCUT2D eigenvalue weighted by atomic mass is 12.0. The molecule has 4 nitrogen and oxygen atoms in total. The molecule has 0 unspecified atom stereocenters. The largest absolute Gasteiger partial charge is 0.425 e. The molecule has 0 aromatic heterocycles. The van der Waals surface area contributed by atoms with E-state index in [2.05, 4.69) is 7.94 Å². The molecule has 2 N–H and O–H groups in total. The van der Waals surface area contributed by atoms with Gasteiger partial charge in [0.05, 0.1) is 0 Å². The normalized spacial score (nSPS) is 11.9. The van der Waals surface area contributed by atoms with Crippen molar-refractivity contribution in [2.75, 3.05) is 12.5 Å². The van der Waals surface area contributed by atoms with Gasteiger partial charge in [-0.3, -0.25) is 0 Å². The zero-order valence-electron chi connectivity index (χ0n) is 5.07. The van der Waals surface area contributed by atoms with Crippen LogP contribution in [0.2, 0.25) is 0 Å². The van der Waals surface area contributed by atoms with Gasteiger partial charge in [-0.05, 0) is 24.1 Å². The SMILES string of the molecule is CSOP(N)(=O)OSC. The first-order chi connectivity index (χ1) is 4.12. The molecule has 0 radical (unpaired) electrons. The molecule has 0 aromatic rings. The molecule has 0 rings (SSSR count). The summed E-state index contributed by atoms with van der Waals surface area (Å²) in [6, 6.07) is 0. The molecule has 0 spiro atoms. The van der Waals surface area contributed by atoms with Gasteiger partial charge in [-0.15, -0.1) is 0 Å². The molecule has 0 fully saturated rings. The van der Waals surface area contributed by atoms with Crippen LogP contribution < -0.4 is 5.50 Å². The Hall–Kier alpha value is 0.810. The van der Waals surface area contributed by atoms with Crippen molar-refractivity contribution >= 4 is 31.8 Å². The first-order valence-electron chi connectivity index (χ1n) is 1.96. The summed E-state index contributed by atoms with van der Waals surface area (Å²) in [4.78, 5) is 0. The monoisotopic (exact) mass is 189 g/mol. The third-order valence-electron chi connectivity index (χ3n) is 0.357. The van der Waals surface area contributed by atoms with E-state index in [0.29, 0.717) is 0 Å². The highest BCUT2D eigenvalue weighted by Gasteiger charge is 2.17. The van der Waals surface area contributed by atoms with Gasteiger partial charge in [0.1, 0.15) is 0 Å². The molecule has 0 saturated carbocycles. The summed E-state index contributed by atoms with van der Waals surface area (Å²) in [6.45, 7) is 0. The van der Waals surface area contributed by atoms with Crippen molar-refractivity contribution in [1.29, 1.82) is 0 Å². The first kappa shape index (κ1) is 9.81. The van der Waals surface area contributed by atoms with Crippen LogP contribution in [0, 0.1) is 0 Å². The Bertz CT molecular complexity index is 110. The molecule has 0 aromatic carbocycles. The van der Waals surface area contributed by atoms with Gasteiger partial charge in [-0.2, -0.15) is 0 Å². The maximum absolute atomic E-state index is 10.7. The topological polar surface area (TPSA) is 61.5 Å². The van der Waals surface area contributed by atoms with Gasteiger partial charge in [-0.25, -0.2) is 18.0 Å². The van der Waals surface area contributed by atoms with Gasteiger partial charge in [0.2, 0.25) is 0 Å². The summed E-state index contributed by atoms with van der Waals surface area (Å²) in [5.41, 5.74) is 5.01. The molecule has 9 heavy (non-hydrogen) atoms. The molecule has 0 heterocycles. The highest BCUT2D eigenvalue weighted by atomic mass is 32.2. The van der Waals surface area contributed by atoms with Crippen molar-refractivity contribution in [2.45, 2.75) is 0 Å². The standard InChI is InChI=1S/C2H8NO3PS2/c1-8-5-7(3,4)6-9-2/h1-2H3,(H2,3,4). The number of hydrogen-bond acceptors (Lipinski definition) is 5. The maximum atomic E-state index is 10.7. The van der Waals surface area contributed by atoms with Crippen molar-refractivity contribution in [1.82, 2.24) is 0 Å². The van der Waals surface area contributed by atoms with E-state index >= 15 is 0 Å². The number of rotatable bonds is 4. The minimum absolute atomic E-state index is 0.922. The van der Waals surface area contributed by atoms with Crippen molar-refractivity contribution < 1.29 is 12.5 Å². The van der Waals surface area contributed by atoms with Crippen LogP contribution in [0.4, 0.5) is 0 Å². The summed E-state index contributed by atoms with van der Waals surface area (Å²) < 4.78 is 19.7. The molecule has 0 saturated heterocycles. The smallest absolute Gasteiger partial charge is 0.239 e. The lowest BCUT2D eigenvalue weighted by molar-refractivity contribution is 0.435. The van der Waals surface area contributed by atoms with Gasteiger partial charge in [0.25, 0.3) is 0 Å². The second-order valence-electron chi connectivity index (χ2n) is 1.02. The minimum atomic E-state index is -3.27. The summed E-state index contributed by atoms with van der Waals surface area (Å²) in [5, 5.41) is 0. The molecule has 0 aliphatic carbocycles. The van der Waals surface area contributed by atoms with Gasteiger partial charge in [-0.1, -0.05) is 0 Å². The number of nitrogens with two attached hydrogens (primary N) is 1. The lowest BCUT2D eigenvalue weighted by Crippen LogP contribution is -1.94. The average Bonchev–Trinajstić information content (AvgIpc) is 1.64. The van der Waals surface area contributed by atoms with E-state index in [0.717, 1.165) is 24.1 Å². The Balaban J connectivity index is 3.58. The maximum Gasteiger partial charge on any atom is 0.425 e. The molecule has 56 valence electrons. The molecule has 0 atom stereocenters. The molecule has 7 heteroatoms. The van der Waals surface area contributed by atoms with Gasteiger partial charge >= 0.3 is 7.75 Å². The van der Waals surface area contributed by atoms with E-state index in [1.807, 2.05) is 0 Å². The molecule has 0 aliphatic rings. The van der Waals surface area contributed by atoms with Crippen LogP contribution >= 0.6 is 31.8 Å². The van der Waals surface area contributed by atoms with Gasteiger partial charge < -0.3 is 0 Å². The van der Waals surface area contributed by atoms with Crippen LogP contribution in [0.1, 0.15) is 0 Å². The fourth-order valence-corrected chi connectivity index (χ4v) is 2.21. The van der Waals surface area contributed by atoms with E-state index in [-0.39, 0.29) is 0 Å². The highest BCUT2D eigenvalue weighted by molar-refractivity contribution is 8.01. The van der Waals surface area contributed by atoms with E-state index < -0.39 is 7.75 Å². The fraction of sp³-hybridized carbons (Fsp3) is 1.00. The van der Waals surface area contributed by atoms with E-state index in [1.165, 1.54) is 0 Å². The highest BCUT2D eigenvalue weighted by Crippen LogP contribution is 2.45. The predicted octanol–water partition coefficient (Wildman–Crippen LogP) is 1.64. The predicted molar refractivity (Wildman–Crippen MR) is 41.0 cm³/mol. The summed E-state index contributed by atoms with van der Waals surface area (Å²) in [7, 11) is -3.27. The van der Waals surface area contributed by atoms with Crippen LogP contribution in [0.3, 0.4) is 0 Å². The Labute approximate surface area is 62.9 Å². The fourth-order valence-electron chi connectivity index (χ4n) is 0.220. The summed E-state index contributed by atoms with van der Waals surface area (Å²) >= 11 is 1.84. The van der Waals surface area contributed by atoms with Crippen LogP contribution in [0.25, 0.3) is 0 Å².